The molecule has 1 aromatic carbocycles. The van der Waals surface area contributed by atoms with E-state index >= 15 is 0 Å². The van der Waals surface area contributed by atoms with Crippen LogP contribution in [0.25, 0.3) is 0 Å². The molecule has 0 radical (unpaired) electrons. The molecule has 5 heteroatoms. The Balaban J connectivity index is 2.16. The summed E-state index contributed by atoms with van der Waals surface area (Å²) in [6.07, 6.45) is 0. The highest BCUT2D eigenvalue weighted by molar-refractivity contribution is 9.10. The van der Waals surface area contributed by atoms with E-state index in [1.54, 1.807) is 0 Å². The number of benzene rings is 1. The SMILES string of the molecule is Cc1ccc(Br)cc1NCc1c(C)nn(CCO)c1C. The van der Waals surface area contributed by atoms with Crippen LogP contribution in [-0.4, -0.2) is 21.5 Å². The Morgan fingerprint density at radius 2 is 2.05 bits per heavy atom. The van der Waals surface area contributed by atoms with Gasteiger partial charge in [-0.2, -0.15) is 5.10 Å². The van der Waals surface area contributed by atoms with Crippen LogP contribution >= 0.6 is 15.9 Å². The van der Waals surface area contributed by atoms with Crippen LogP contribution in [0.4, 0.5) is 5.69 Å². The van der Waals surface area contributed by atoms with Crippen LogP contribution in [0, 0.1) is 20.8 Å². The van der Waals surface area contributed by atoms with E-state index in [-0.39, 0.29) is 6.61 Å². The number of nitrogens with zero attached hydrogens (tertiary/aromatic N) is 2. The van der Waals surface area contributed by atoms with E-state index in [1.165, 1.54) is 11.1 Å². The van der Waals surface area contributed by atoms with Gasteiger partial charge in [-0.3, -0.25) is 4.68 Å². The van der Waals surface area contributed by atoms with Crippen molar-refractivity contribution in [1.29, 1.82) is 0 Å². The molecule has 4 nitrogen and oxygen atoms in total. The fourth-order valence-electron chi connectivity index (χ4n) is 2.27. The fraction of sp³-hybridized carbons (Fsp3) is 0.400. The summed E-state index contributed by atoms with van der Waals surface area (Å²) in [6, 6.07) is 6.20. The average molecular weight is 338 g/mol. The van der Waals surface area contributed by atoms with Crippen LogP contribution in [0.1, 0.15) is 22.5 Å². The smallest absolute Gasteiger partial charge is 0.0646 e. The molecule has 2 aromatic rings. The summed E-state index contributed by atoms with van der Waals surface area (Å²) in [4.78, 5) is 0. The standard InChI is InChI=1S/C15H20BrN3O/c1-10-4-5-13(16)8-15(10)17-9-14-11(2)18-19(6-7-20)12(14)3/h4-5,8,17,20H,6-7,9H2,1-3H3. The van der Waals surface area contributed by atoms with Crippen molar-refractivity contribution in [3.63, 3.8) is 0 Å². The van der Waals surface area contributed by atoms with Gasteiger partial charge in [0.1, 0.15) is 0 Å². The van der Waals surface area contributed by atoms with Gasteiger partial charge < -0.3 is 10.4 Å². The van der Waals surface area contributed by atoms with Crippen molar-refractivity contribution in [1.82, 2.24) is 9.78 Å². The molecule has 0 fully saturated rings. The normalized spacial score (nSPS) is 10.8. The lowest BCUT2D eigenvalue weighted by Crippen LogP contribution is -2.07. The monoisotopic (exact) mass is 337 g/mol. The lowest BCUT2D eigenvalue weighted by molar-refractivity contribution is 0.268. The number of nitrogens with one attached hydrogen (secondary N) is 1. The fourth-order valence-corrected chi connectivity index (χ4v) is 2.63. The summed E-state index contributed by atoms with van der Waals surface area (Å²) < 4.78 is 2.93. The maximum Gasteiger partial charge on any atom is 0.0646 e. The maximum atomic E-state index is 9.04. The minimum atomic E-state index is 0.111. The Morgan fingerprint density at radius 1 is 1.30 bits per heavy atom. The van der Waals surface area contributed by atoms with Gasteiger partial charge >= 0.3 is 0 Å². The summed E-state index contributed by atoms with van der Waals surface area (Å²) in [5.41, 5.74) is 5.64. The molecule has 0 aliphatic carbocycles. The number of aromatic nitrogens is 2. The molecule has 0 atom stereocenters. The number of aliphatic hydroxyl groups excluding tert-OH is 1. The first-order chi connectivity index (χ1) is 9.52. The van der Waals surface area contributed by atoms with Crippen LogP contribution < -0.4 is 5.32 Å². The quantitative estimate of drug-likeness (QED) is 0.880. The highest BCUT2D eigenvalue weighted by Crippen LogP contribution is 2.22. The molecule has 0 aliphatic heterocycles. The second-order valence-electron chi connectivity index (χ2n) is 4.91. The minimum absolute atomic E-state index is 0.111. The van der Waals surface area contributed by atoms with E-state index < -0.39 is 0 Å². The summed E-state index contributed by atoms with van der Waals surface area (Å²) in [6.45, 7) is 7.53. The number of halogens is 1. The van der Waals surface area contributed by atoms with Crippen LogP contribution in [0.3, 0.4) is 0 Å². The summed E-state index contributed by atoms with van der Waals surface area (Å²) >= 11 is 3.49. The number of anilines is 1. The third kappa shape index (κ3) is 3.22. The molecule has 108 valence electrons. The molecule has 0 aliphatic rings. The van der Waals surface area contributed by atoms with Gasteiger partial charge in [0.15, 0.2) is 0 Å². The molecule has 20 heavy (non-hydrogen) atoms. The van der Waals surface area contributed by atoms with Crippen LogP contribution in [0.5, 0.6) is 0 Å². The molecule has 0 bridgehead atoms. The second kappa shape index (κ2) is 6.41. The Morgan fingerprint density at radius 3 is 2.75 bits per heavy atom. The van der Waals surface area contributed by atoms with E-state index in [9.17, 15) is 0 Å². The lowest BCUT2D eigenvalue weighted by Gasteiger charge is -2.10. The van der Waals surface area contributed by atoms with Crippen molar-refractivity contribution in [3.8, 4) is 0 Å². The van der Waals surface area contributed by atoms with Crippen molar-refractivity contribution < 1.29 is 5.11 Å². The van der Waals surface area contributed by atoms with E-state index in [0.717, 1.165) is 28.1 Å². The molecule has 1 heterocycles. The van der Waals surface area contributed by atoms with Crippen molar-refractivity contribution >= 4 is 21.6 Å². The molecule has 2 rings (SSSR count). The Kier molecular flexibility index (Phi) is 4.83. The van der Waals surface area contributed by atoms with Crippen LogP contribution in [0.15, 0.2) is 22.7 Å². The predicted molar refractivity (Wildman–Crippen MR) is 85.0 cm³/mol. The maximum absolute atomic E-state index is 9.04. The molecular weight excluding hydrogens is 318 g/mol. The topological polar surface area (TPSA) is 50.1 Å². The summed E-state index contributed by atoms with van der Waals surface area (Å²) in [5, 5.41) is 17.0. The highest BCUT2D eigenvalue weighted by atomic mass is 79.9. The summed E-state index contributed by atoms with van der Waals surface area (Å²) in [5.74, 6) is 0. The molecule has 1 aromatic heterocycles. The van der Waals surface area contributed by atoms with Crippen molar-refractivity contribution in [3.05, 3.63) is 45.2 Å². The molecular formula is C15H20BrN3O. The van der Waals surface area contributed by atoms with Gasteiger partial charge in [-0.05, 0) is 38.5 Å². The first-order valence-corrected chi connectivity index (χ1v) is 7.46. The summed E-state index contributed by atoms with van der Waals surface area (Å²) in [7, 11) is 0. The van der Waals surface area contributed by atoms with Gasteiger partial charge in [-0.1, -0.05) is 22.0 Å². The van der Waals surface area contributed by atoms with Gasteiger partial charge in [-0.25, -0.2) is 0 Å². The lowest BCUT2D eigenvalue weighted by atomic mass is 10.1. The van der Waals surface area contributed by atoms with E-state index in [2.05, 4.69) is 45.4 Å². The number of hydrogen-bond acceptors (Lipinski definition) is 3. The predicted octanol–water partition coefficient (Wildman–Crippen LogP) is 3.18. The third-order valence-corrected chi connectivity index (χ3v) is 3.99. The molecule has 0 spiro atoms. The Bertz CT molecular complexity index is 607. The van der Waals surface area contributed by atoms with Crippen LogP contribution in [-0.2, 0) is 13.1 Å². The van der Waals surface area contributed by atoms with E-state index in [4.69, 9.17) is 5.11 Å². The van der Waals surface area contributed by atoms with E-state index in [0.29, 0.717) is 6.54 Å². The van der Waals surface area contributed by atoms with E-state index in [1.807, 2.05) is 24.6 Å². The Hall–Kier alpha value is -1.33. The Labute approximate surface area is 127 Å². The number of hydrogen-bond donors (Lipinski definition) is 2. The van der Waals surface area contributed by atoms with Crippen LogP contribution in [0.2, 0.25) is 0 Å². The first kappa shape index (κ1) is 15.1. The molecule has 0 saturated heterocycles. The third-order valence-electron chi connectivity index (χ3n) is 3.50. The first-order valence-electron chi connectivity index (χ1n) is 6.66. The van der Waals surface area contributed by atoms with Crippen molar-refractivity contribution in [2.75, 3.05) is 11.9 Å². The number of aliphatic hydroxyl groups is 1. The molecule has 0 saturated carbocycles. The zero-order chi connectivity index (χ0) is 14.7. The number of rotatable bonds is 5. The van der Waals surface area contributed by atoms with Gasteiger partial charge in [0.05, 0.1) is 18.8 Å². The second-order valence-corrected chi connectivity index (χ2v) is 5.82. The van der Waals surface area contributed by atoms with Crippen molar-refractivity contribution in [2.45, 2.75) is 33.9 Å². The average Bonchev–Trinajstić information content (AvgIpc) is 2.67. The van der Waals surface area contributed by atoms with Gasteiger partial charge in [0.2, 0.25) is 0 Å². The van der Waals surface area contributed by atoms with Crippen molar-refractivity contribution in [2.24, 2.45) is 0 Å². The van der Waals surface area contributed by atoms with Gasteiger partial charge in [-0.15, -0.1) is 0 Å². The van der Waals surface area contributed by atoms with Gasteiger partial charge in [0.25, 0.3) is 0 Å². The zero-order valence-corrected chi connectivity index (χ0v) is 13.7. The molecule has 0 unspecified atom stereocenters. The minimum Gasteiger partial charge on any atom is -0.394 e. The molecule has 2 N–H and O–H groups in total. The molecule has 0 amide bonds. The number of aryl methyl sites for hydroxylation is 2. The highest BCUT2D eigenvalue weighted by Gasteiger charge is 2.11. The zero-order valence-electron chi connectivity index (χ0n) is 12.1. The van der Waals surface area contributed by atoms with Gasteiger partial charge in [0, 0.05) is 28.0 Å². The largest absolute Gasteiger partial charge is 0.394 e.